The van der Waals surface area contributed by atoms with Crippen LogP contribution in [0.4, 0.5) is 0 Å². The molecule has 1 aromatic heterocycles. The number of carbonyl (C=O) groups is 1. The Balaban J connectivity index is 1.51. The molecule has 128 valence electrons. The molecule has 4 aromatic rings. The van der Waals surface area contributed by atoms with Crippen molar-refractivity contribution in [2.75, 3.05) is 0 Å². The van der Waals surface area contributed by atoms with Crippen molar-refractivity contribution in [1.82, 2.24) is 15.3 Å². The second-order valence-electron chi connectivity index (χ2n) is 6.29. The Morgan fingerprint density at radius 3 is 2.35 bits per heavy atom. The number of para-hydroxylation sites is 2. The van der Waals surface area contributed by atoms with Crippen LogP contribution >= 0.6 is 0 Å². The summed E-state index contributed by atoms with van der Waals surface area (Å²) in [5.74, 6) is 0.716. The van der Waals surface area contributed by atoms with Crippen molar-refractivity contribution in [3.63, 3.8) is 0 Å². The van der Waals surface area contributed by atoms with Crippen LogP contribution in [-0.2, 0) is 0 Å². The molecule has 4 rings (SSSR count). The Labute approximate surface area is 151 Å². The molecule has 1 heterocycles. The van der Waals surface area contributed by atoms with Gasteiger partial charge in [-0.15, -0.1) is 0 Å². The molecular weight excluding hydrogens is 322 g/mol. The lowest BCUT2D eigenvalue weighted by atomic mass is 10.1. The number of aromatic amines is 1. The Kier molecular flexibility index (Phi) is 4.23. The molecule has 2 N–H and O–H groups in total. The number of benzene rings is 3. The molecular formula is C22H19N3O. The quantitative estimate of drug-likeness (QED) is 0.564. The number of hydrogen-bond donors (Lipinski definition) is 2. The van der Waals surface area contributed by atoms with Crippen molar-refractivity contribution < 1.29 is 4.79 Å². The molecule has 3 aromatic carbocycles. The third-order valence-corrected chi connectivity index (χ3v) is 4.46. The van der Waals surface area contributed by atoms with Crippen LogP contribution in [0.5, 0.6) is 0 Å². The van der Waals surface area contributed by atoms with Crippen molar-refractivity contribution in [3.05, 3.63) is 90.0 Å². The number of nitrogens with zero attached hydrogens (tertiary/aromatic N) is 1. The average molecular weight is 341 g/mol. The molecule has 1 amide bonds. The lowest BCUT2D eigenvalue weighted by molar-refractivity contribution is 0.0940. The highest BCUT2D eigenvalue weighted by atomic mass is 16.1. The number of H-pyrrole nitrogens is 1. The highest BCUT2D eigenvalue weighted by molar-refractivity contribution is 5.95. The minimum absolute atomic E-state index is 0.0428. The average Bonchev–Trinajstić information content (AvgIpc) is 3.13. The Hall–Kier alpha value is -3.40. The van der Waals surface area contributed by atoms with Gasteiger partial charge in [0.05, 0.1) is 17.1 Å². The molecule has 0 saturated heterocycles. The number of hydrogen-bond acceptors (Lipinski definition) is 2. The number of nitrogens with one attached hydrogen (secondary N) is 2. The molecule has 26 heavy (non-hydrogen) atoms. The second-order valence-corrected chi connectivity index (χ2v) is 6.29. The number of rotatable bonds is 4. The number of aromatic nitrogens is 2. The summed E-state index contributed by atoms with van der Waals surface area (Å²) < 4.78 is 0. The molecule has 4 nitrogen and oxygen atoms in total. The molecule has 0 spiro atoms. The van der Waals surface area contributed by atoms with Crippen LogP contribution in [0.3, 0.4) is 0 Å². The fourth-order valence-electron chi connectivity index (χ4n) is 2.97. The Morgan fingerprint density at radius 1 is 0.923 bits per heavy atom. The first-order valence-corrected chi connectivity index (χ1v) is 8.62. The van der Waals surface area contributed by atoms with E-state index < -0.39 is 0 Å². The topological polar surface area (TPSA) is 57.8 Å². The number of amides is 1. The van der Waals surface area contributed by atoms with Crippen molar-refractivity contribution in [3.8, 4) is 11.4 Å². The van der Waals surface area contributed by atoms with Crippen molar-refractivity contribution in [2.45, 2.75) is 13.0 Å². The Bertz CT molecular complexity index is 1000. The molecule has 0 aliphatic carbocycles. The van der Waals surface area contributed by atoms with Gasteiger partial charge in [-0.3, -0.25) is 4.79 Å². The zero-order valence-corrected chi connectivity index (χ0v) is 14.4. The van der Waals surface area contributed by atoms with E-state index in [0.717, 1.165) is 28.0 Å². The van der Waals surface area contributed by atoms with Gasteiger partial charge in [-0.1, -0.05) is 54.6 Å². The van der Waals surface area contributed by atoms with E-state index >= 15 is 0 Å². The van der Waals surface area contributed by atoms with Gasteiger partial charge >= 0.3 is 0 Å². The molecule has 0 saturated carbocycles. The third-order valence-electron chi connectivity index (χ3n) is 4.46. The van der Waals surface area contributed by atoms with Crippen LogP contribution < -0.4 is 5.32 Å². The van der Waals surface area contributed by atoms with Gasteiger partial charge in [-0.05, 0) is 36.8 Å². The summed E-state index contributed by atoms with van der Waals surface area (Å²) in [6.45, 7) is 1.98. The predicted molar refractivity (Wildman–Crippen MR) is 104 cm³/mol. The van der Waals surface area contributed by atoms with Gasteiger partial charge in [0.25, 0.3) is 5.91 Å². The maximum Gasteiger partial charge on any atom is 0.251 e. The summed E-state index contributed by atoms with van der Waals surface area (Å²) in [6, 6.07) is 25.3. The fraction of sp³-hybridized carbons (Fsp3) is 0.0909. The van der Waals surface area contributed by atoms with Crippen LogP contribution in [0.25, 0.3) is 22.4 Å². The van der Waals surface area contributed by atoms with Crippen LogP contribution in [-0.4, -0.2) is 15.9 Å². The lowest BCUT2D eigenvalue weighted by Crippen LogP contribution is -2.26. The van der Waals surface area contributed by atoms with Crippen molar-refractivity contribution in [1.29, 1.82) is 0 Å². The smallest absolute Gasteiger partial charge is 0.251 e. The molecule has 0 aliphatic rings. The zero-order valence-electron chi connectivity index (χ0n) is 14.4. The van der Waals surface area contributed by atoms with E-state index in [4.69, 9.17) is 0 Å². The normalized spacial score (nSPS) is 12.0. The van der Waals surface area contributed by atoms with Crippen molar-refractivity contribution in [2.24, 2.45) is 0 Å². The molecule has 4 heteroatoms. The number of fused-ring (bicyclic) bond motifs is 1. The van der Waals surface area contributed by atoms with Gasteiger partial charge in [0.1, 0.15) is 5.82 Å². The summed E-state index contributed by atoms with van der Waals surface area (Å²) in [5.41, 5.74) is 4.60. The highest BCUT2D eigenvalue weighted by Gasteiger charge is 2.12. The molecule has 0 bridgehead atoms. The lowest BCUT2D eigenvalue weighted by Gasteiger charge is -2.14. The van der Waals surface area contributed by atoms with Gasteiger partial charge in [0.15, 0.2) is 0 Å². The van der Waals surface area contributed by atoms with E-state index in [-0.39, 0.29) is 11.9 Å². The van der Waals surface area contributed by atoms with Gasteiger partial charge in [-0.2, -0.15) is 0 Å². The van der Waals surface area contributed by atoms with Gasteiger partial charge < -0.3 is 10.3 Å². The summed E-state index contributed by atoms with van der Waals surface area (Å²) in [7, 11) is 0. The van der Waals surface area contributed by atoms with Gasteiger partial charge in [0.2, 0.25) is 0 Å². The van der Waals surface area contributed by atoms with E-state index in [2.05, 4.69) is 15.3 Å². The van der Waals surface area contributed by atoms with E-state index in [0.29, 0.717) is 5.56 Å². The minimum Gasteiger partial charge on any atom is -0.346 e. The maximum absolute atomic E-state index is 12.5. The van der Waals surface area contributed by atoms with Crippen LogP contribution in [0.1, 0.15) is 28.9 Å². The van der Waals surface area contributed by atoms with Crippen LogP contribution in [0.15, 0.2) is 78.9 Å². The zero-order chi connectivity index (χ0) is 17.9. The number of carbonyl (C=O) groups excluding carboxylic acids is 1. The van der Waals surface area contributed by atoms with E-state index in [1.165, 1.54) is 0 Å². The highest BCUT2D eigenvalue weighted by Crippen LogP contribution is 2.21. The van der Waals surface area contributed by atoms with Crippen LogP contribution in [0.2, 0.25) is 0 Å². The van der Waals surface area contributed by atoms with E-state index in [9.17, 15) is 4.79 Å². The summed E-state index contributed by atoms with van der Waals surface area (Å²) in [6.07, 6.45) is 0. The number of imidazole rings is 1. The Morgan fingerprint density at radius 2 is 1.62 bits per heavy atom. The predicted octanol–water partition coefficient (Wildman–Crippen LogP) is 4.72. The molecule has 0 radical (unpaired) electrons. The minimum atomic E-state index is -0.0856. The molecule has 0 fully saturated rings. The van der Waals surface area contributed by atoms with Gasteiger partial charge in [0, 0.05) is 11.1 Å². The molecule has 0 aliphatic heterocycles. The standard InChI is InChI=1S/C22H19N3O/c1-15(16-7-3-2-4-8-16)23-22(26)18-13-11-17(12-14-18)21-24-19-9-5-6-10-20(19)25-21/h2-15H,1H3,(H,23,26)(H,24,25)/t15-/m1/s1. The van der Waals surface area contributed by atoms with E-state index in [1.807, 2.05) is 85.8 Å². The maximum atomic E-state index is 12.5. The fourth-order valence-corrected chi connectivity index (χ4v) is 2.97. The summed E-state index contributed by atoms with van der Waals surface area (Å²) in [5, 5.41) is 3.03. The SMILES string of the molecule is C[C@@H](NC(=O)c1ccc(-c2nc3ccccc3[nH]2)cc1)c1ccccc1. The van der Waals surface area contributed by atoms with E-state index in [1.54, 1.807) is 0 Å². The first-order chi connectivity index (χ1) is 12.7. The summed E-state index contributed by atoms with van der Waals surface area (Å²) >= 11 is 0. The van der Waals surface area contributed by atoms with Crippen molar-refractivity contribution >= 4 is 16.9 Å². The summed E-state index contributed by atoms with van der Waals surface area (Å²) in [4.78, 5) is 20.4. The first-order valence-electron chi connectivity index (χ1n) is 8.62. The second kappa shape index (κ2) is 6.84. The van der Waals surface area contributed by atoms with Crippen LogP contribution in [0, 0.1) is 0 Å². The monoisotopic (exact) mass is 341 g/mol. The largest absolute Gasteiger partial charge is 0.346 e. The first kappa shape index (κ1) is 16.1. The van der Waals surface area contributed by atoms with Gasteiger partial charge in [-0.25, -0.2) is 4.98 Å². The molecule has 0 unspecified atom stereocenters. The third kappa shape index (κ3) is 3.22. The molecule has 1 atom stereocenters.